The molecule has 2 aliphatic rings. The molecule has 110 valence electrons. The van der Waals surface area contributed by atoms with Crippen molar-refractivity contribution >= 4 is 5.97 Å². The van der Waals surface area contributed by atoms with E-state index in [1.54, 1.807) is 0 Å². The van der Waals surface area contributed by atoms with Gasteiger partial charge in [0.25, 0.3) is 0 Å². The molecule has 19 heavy (non-hydrogen) atoms. The predicted molar refractivity (Wildman–Crippen MR) is 73.2 cm³/mol. The number of hydrogen-bond acceptors (Lipinski definition) is 4. The van der Waals surface area contributed by atoms with Gasteiger partial charge in [0.15, 0.2) is 6.10 Å². The van der Waals surface area contributed by atoms with Crippen LogP contribution >= 0.6 is 0 Å². The molecule has 0 spiro atoms. The van der Waals surface area contributed by atoms with E-state index in [0.717, 1.165) is 25.4 Å². The van der Waals surface area contributed by atoms with Crippen LogP contribution in [0, 0.1) is 5.92 Å². The van der Waals surface area contributed by atoms with Gasteiger partial charge in [-0.15, -0.1) is 0 Å². The molecule has 0 bridgehead atoms. The van der Waals surface area contributed by atoms with Gasteiger partial charge >= 0.3 is 5.97 Å². The molecule has 1 N–H and O–H groups in total. The second kappa shape index (κ2) is 6.68. The summed E-state index contributed by atoms with van der Waals surface area (Å²) in [5.41, 5.74) is 0. The van der Waals surface area contributed by atoms with Crippen molar-refractivity contribution in [3.63, 3.8) is 0 Å². The molecular weight excluding hydrogens is 244 g/mol. The molecule has 0 aromatic carbocycles. The average Bonchev–Trinajstić information content (AvgIpc) is 2.80. The Labute approximate surface area is 115 Å². The third-order valence-electron chi connectivity index (χ3n) is 4.31. The van der Waals surface area contributed by atoms with E-state index >= 15 is 0 Å². The number of carbonyl (C=O) groups is 1. The van der Waals surface area contributed by atoms with Crippen LogP contribution in [0.1, 0.15) is 25.7 Å². The Morgan fingerprint density at radius 2 is 1.95 bits per heavy atom. The summed E-state index contributed by atoms with van der Waals surface area (Å²) in [5.74, 6) is -0.0432. The van der Waals surface area contributed by atoms with Gasteiger partial charge in [0.1, 0.15) is 0 Å². The van der Waals surface area contributed by atoms with Gasteiger partial charge in [-0.2, -0.15) is 0 Å². The lowest BCUT2D eigenvalue weighted by atomic mass is 9.96. The van der Waals surface area contributed by atoms with E-state index in [0.29, 0.717) is 6.42 Å². The predicted octanol–water partition coefficient (Wildman–Crippen LogP) is 0.892. The summed E-state index contributed by atoms with van der Waals surface area (Å²) in [7, 11) is 4.30. The smallest absolute Gasteiger partial charge is 0.332 e. The van der Waals surface area contributed by atoms with E-state index in [1.807, 2.05) is 0 Å². The number of piperidine rings is 1. The van der Waals surface area contributed by atoms with E-state index in [4.69, 9.17) is 9.84 Å². The van der Waals surface area contributed by atoms with E-state index in [-0.39, 0.29) is 6.10 Å². The molecule has 0 aromatic rings. The number of nitrogens with zero attached hydrogens (tertiary/aromatic N) is 2. The van der Waals surface area contributed by atoms with E-state index < -0.39 is 12.1 Å². The number of rotatable bonds is 5. The highest BCUT2D eigenvalue weighted by Gasteiger charge is 2.31. The van der Waals surface area contributed by atoms with Crippen LogP contribution in [0.25, 0.3) is 0 Å². The Morgan fingerprint density at radius 3 is 2.53 bits per heavy atom. The molecule has 2 heterocycles. The number of likely N-dealkylation sites (N-methyl/N-ethyl adjacent to an activating group) is 1. The topological polar surface area (TPSA) is 53.0 Å². The summed E-state index contributed by atoms with van der Waals surface area (Å²) in [5, 5.41) is 8.91. The number of carboxylic acids is 1. The van der Waals surface area contributed by atoms with Crippen molar-refractivity contribution < 1.29 is 14.6 Å². The maximum atomic E-state index is 10.8. The van der Waals surface area contributed by atoms with Gasteiger partial charge in [0.2, 0.25) is 0 Å². The van der Waals surface area contributed by atoms with Crippen molar-refractivity contribution in [3.8, 4) is 0 Å². The minimum atomic E-state index is -0.819. The summed E-state index contributed by atoms with van der Waals surface area (Å²) in [6, 6.07) is 0. The van der Waals surface area contributed by atoms with E-state index in [9.17, 15) is 4.79 Å². The molecule has 2 aliphatic heterocycles. The molecule has 5 nitrogen and oxygen atoms in total. The maximum Gasteiger partial charge on any atom is 0.332 e. The fourth-order valence-corrected chi connectivity index (χ4v) is 3.13. The average molecular weight is 270 g/mol. The zero-order valence-electron chi connectivity index (χ0n) is 12.0. The molecule has 0 radical (unpaired) electrons. The van der Waals surface area contributed by atoms with Crippen molar-refractivity contribution in [1.29, 1.82) is 0 Å². The molecule has 2 saturated heterocycles. The fourth-order valence-electron chi connectivity index (χ4n) is 3.13. The first-order valence-corrected chi connectivity index (χ1v) is 7.30. The van der Waals surface area contributed by atoms with E-state index in [2.05, 4.69) is 23.9 Å². The van der Waals surface area contributed by atoms with Gasteiger partial charge in [-0.3, -0.25) is 0 Å². The molecule has 2 fully saturated rings. The van der Waals surface area contributed by atoms with Crippen LogP contribution in [-0.2, 0) is 9.53 Å². The highest BCUT2D eigenvalue weighted by atomic mass is 16.5. The Kier molecular flexibility index (Phi) is 5.19. The van der Waals surface area contributed by atoms with Gasteiger partial charge in [0, 0.05) is 13.1 Å². The van der Waals surface area contributed by atoms with Crippen molar-refractivity contribution in [3.05, 3.63) is 0 Å². The Balaban J connectivity index is 1.67. The van der Waals surface area contributed by atoms with Gasteiger partial charge in [-0.1, -0.05) is 0 Å². The Hall–Kier alpha value is -0.650. The van der Waals surface area contributed by atoms with Crippen molar-refractivity contribution in [1.82, 2.24) is 9.80 Å². The lowest BCUT2D eigenvalue weighted by molar-refractivity contribution is -0.149. The quantitative estimate of drug-likeness (QED) is 0.804. The normalized spacial score (nSPS) is 30.1. The van der Waals surface area contributed by atoms with Crippen molar-refractivity contribution in [2.24, 2.45) is 5.92 Å². The highest BCUT2D eigenvalue weighted by Crippen LogP contribution is 2.22. The highest BCUT2D eigenvalue weighted by molar-refractivity contribution is 5.72. The molecule has 0 aliphatic carbocycles. The second-order valence-electron chi connectivity index (χ2n) is 6.13. The third-order valence-corrected chi connectivity index (χ3v) is 4.31. The van der Waals surface area contributed by atoms with Crippen LogP contribution in [-0.4, -0.2) is 73.4 Å². The summed E-state index contributed by atoms with van der Waals surface area (Å²) in [4.78, 5) is 15.5. The van der Waals surface area contributed by atoms with Crippen LogP contribution in [0.15, 0.2) is 0 Å². The minimum Gasteiger partial charge on any atom is -0.479 e. The van der Waals surface area contributed by atoms with Gasteiger partial charge < -0.3 is 19.6 Å². The molecule has 0 aromatic heterocycles. The summed E-state index contributed by atoms with van der Waals surface area (Å²) in [6.45, 7) is 4.35. The molecule has 2 rings (SSSR count). The van der Waals surface area contributed by atoms with Crippen LogP contribution in [0.2, 0.25) is 0 Å². The monoisotopic (exact) mass is 270 g/mol. The molecule has 0 amide bonds. The zero-order valence-corrected chi connectivity index (χ0v) is 12.0. The Morgan fingerprint density at radius 1 is 1.26 bits per heavy atom. The maximum absolute atomic E-state index is 10.8. The first-order valence-electron chi connectivity index (χ1n) is 7.30. The molecule has 5 heteroatoms. The van der Waals surface area contributed by atoms with Crippen molar-refractivity contribution in [2.45, 2.75) is 37.9 Å². The van der Waals surface area contributed by atoms with E-state index in [1.165, 1.54) is 25.9 Å². The largest absolute Gasteiger partial charge is 0.479 e. The number of carboxylic acid groups (broad SMARTS) is 1. The van der Waals surface area contributed by atoms with Crippen LogP contribution < -0.4 is 0 Å². The number of ether oxygens (including phenoxy) is 1. The molecule has 0 saturated carbocycles. The minimum absolute atomic E-state index is 0.0948. The summed E-state index contributed by atoms with van der Waals surface area (Å²) >= 11 is 0. The van der Waals surface area contributed by atoms with Crippen LogP contribution in [0.4, 0.5) is 0 Å². The van der Waals surface area contributed by atoms with Gasteiger partial charge in [-0.25, -0.2) is 4.79 Å². The first kappa shape index (κ1) is 14.8. The lowest BCUT2D eigenvalue weighted by Gasteiger charge is -2.32. The van der Waals surface area contributed by atoms with Crippen LogP contribution in [0.3, 0.4) is 0 Å². The standard InChI is InChI=1S/C14H26N2O3/c1-15-7-5-11(6-8-15)9-16(2)10-12-3-4-13(19-12)14(17)18/h11-13H,3-10H2,1-2H3,(H,17,18). The third kappa shape index (κ3) is 4.44. The van der Waals surface area contributed by atoms with Gasteiger partial charge in [0.05, 0.1) is 6.10 Å². The van der Waals surface area contributed by atoms with Gasteiger partial charge in [-0.05, 0) is 58.8 Å². The second-order valence-corrected chi connectivity index (χ2v) is 6.13. The molecular formula is C14H26N2O3. The molecule has 2 unspecified atom stereocenters. The molecule has 2 atom stereocenters. The summed E-state index contributed by atoms with van der Waals surface area (Å²) < 4.78 is 5.55. The number of hydrogen-bond donors (Lipinski definition) is 1. The number of likely N-dealkylation sites (tertiary alicyclic amines) is 1. The number of aliphatic carboxylic acids is 1. The first-order chi connectivity index (χ1) is 9.04. The Bertz CT molecular complexity index is 303. The lowest BCUT2D eigenvalue weighted by Crippen LogP contribution is -2.38. The van der Waals surface area contributed by atoms with Crippen molar-refractivity contribution in [2.75, 3.05) is 40.3 Å². The SMILES string of the molecule is CN1CCC(CN(C)CC2CCC(C(=O)O)O2)CC1. The summed E-state index contributed by atoms with van der Waals surface area (Å²) in [6.07, 6.45) is 3.57. The fraction of sp³-hybridized carbons (Fsp3) is 0.929. The van der Waals surface area contributed by atoms with Crippen LogP contribution in [0.5, 0.6) is 0 Å². The zero-order chi connectivity index (χ0) is 13.8.